The van der Waals surface area contributed by atoms with Crippen molar-refractivity contribution in [1.29, 1.82) is 0 Å². The Bertz CT molecular complexity index is 447. The van der Waals surface area contributed by atoms with Gasteiger partial charge in [0.1, 0.15) is 5.15 Å². The lowest BCUT2D eigenvalue weighted by Gasteiger charge is -2.26. The van der Waals surface area contributed by atoms with Crippen LogP contribution in [0.3, 0.4) is 0 Å². The van der Waals surface area contributed by atoms with Crippen LogP contribution >= 0.6 is 11.6 Å². The van der Waals surface area contributed by atoms with E-state index in [1.807, 2.05) is 0 Å². The molecule has 0 atom stereocenters. The maximum absolute atomic E-state index is 10.9. The van der Waals surface area contributed by atoms with Crippen LogP contribution in [0, 0.1) is 10.1 Å². The summed E-state index contributed by atoms with van der Waals surface area (Å²) >= 11 is 5.75. The first-order chi connectivity index (χ1) is 8.56. The molecule has 1 heterocycles. The number of nitrogens with zero attached hydrogens (tertiary/aromatic N) is 2. The standard InChI is InChI=1S/C11H14ClN3O3/c12-10-6-5-9(15(17)18)11(14-10)13-7-1-3-8(16)4-2-7/h5-8,16H,1-4H2,(H,13,14)/t7-,8-. The Morgan fingerprint density at radius 2 is 2.06 bits per heavy atom. The van der Waals surface area contributed by atoms with Crippen molar-refractivity contribution < 1.29 is 10.0 Å². The Kier molecular flexibility index (Phi) is 3.98. The third-order valence-electron chi connectivity index (χ3n) is 3.07. The highest BCUT2D eigenvalue weighted by Gasteiger charge is 2.23. The molecule has 2 N–H and O–H groups in total. The van der Waals surface area contributed by atoms with Crippen LogP contribution in [-0.2, 0) is 0 Å². The molecule has 18 heavy (non-hydrogen) atoms. The third-order valence-corrected chi connectivity index (χ3v) is 3.28. The maximum atomic E-state index is 10.9. The van der Waals surface area contributed by atoms with Gasteiger partial charge in [0, 0.05) is 12.1 Å². The van der Waals surface area contributed by atoms with Crippen LogP contribution in [0.4, 0.5) is 11.5 Å². The number of pyridine rings is 1. The monoisotopic (exact) mass is 271 g/mol. The summed E-state index contributed by atoms with van der Waals surface area (Å²) in [5, 5.41) is 23.5. The van der Waals surface area contributed by atoms with Gasteiger partial charge in [-0.05, 0) is 31.7 Å². The molecule has 0 aliphatic heterocycles. The van der Waals surface area contributed by atoms with Crippen LogP contribution in [0.25, 0.3) is 0 Å². The molecule has 2 rings (SSSR count). The average Bonchev–Trinajstić information content (AvgIpc) is 2.32. The van der Waals surface area contributed by atoms with Crippen LogP contribution in [0.2, 0.25) is 5.15 Å². The quantitative estimate of drug-likeness (QED) is 0.500. The minimum Gasteiger partial charge on any atom is -0.393 e. The van der Waals surface area contributed by atoms with Gasteiger partial charge in [-0.3, -0.25) is 10.1 Å². The van der Waals surface area contributed by atoms with Gasteiger partial charge in [0.05, 0.1) is 11.0 Å². The first kappa shape index (κ1) is 13.0. The van der Waals surface area contributed by atoms with E-state index >= 15 is 0 Å². The summed E-state index contributed by atoms with van der Waals surface area (Å²) in [6.07, 6.45) is 2.68. The van der Waals surface area contributed by atoms with Crippen molar-refractivity contribution in [2.75, 3.05) is 5.32 Å². The van der Waals surface area contributed by atoms with Gasteiger partial charge in [-0.25, -0.2) is 4.98 Å². The Morgan fingerprint density at radius 1 is 1.39 bits per heavy atom. The van der Waals surface area contributed by atoms with E-state index < -0.39 is 4.92 Å². The van der Waals surface area contributed by atoms with Crippen molar-refractivity contribution in [2.45, 2.75) is 37.8 Å². The number of nitrogens with one attached hydrogen (secondary N) is 1. The molecule has 0 amide bonds. The number of nitro groups is 1. The zero-order valence-electron chi connectivity index (χ0n) is 9.67. The molecule has 6 nitrogen and oxygen atoms in total. The molecule has 0 saturated heterocycles. The normalized spacial score (nSPS) is 23.7. The first-order valence-corrected chi connectivity index (χ1v) is 6.19. The van der Waals surface area contributed by atoms with Crippen LogP contribution < -0.4 is 5.32 Å². The van der Waals surface area contributed by atoms with Gasteiger partial charge < -0.3 is 10.4 Å². The van der Waals surface area contributed by atoms with Gasteiger partial charge in [-0.15, -0.1) is 0 Å². The molecule has 0 aromatic carbocycles. The highest BCUT2D eigenvalue weighted by atomic mass is 35.5. The Balaban J connectivity index is 2.12. The second kappa shape index (κ2) is 5.49. The van der Waals surface area contributed by atoms with Gasteiger partial charge >= 0.3 is 5.69 Å². The third kappa shape index (κ3) is 3.08. The predicted molar refractivity (Wildman–Crippen MR) is 67.8 cm³/mol. The van der Waals surface area contributed by atoms with Crippen LogP contribution in [-0.4, -0.2) is 27.2 Å². The molecule has 0 radical (unpaired) electrons. The second-order valence-corrected chi connectivity index (χ2v) is 4.80. The zero-order chi connectivity index (χ0) is 13.1. The largest absolute Gasteiger partial charge is 0.393 e. The van der Waals surface area contributed by atoms with Gasteiger partial charge in [0.15, 0.2) is 0 Å². The number of rotatable bonds is 3. The fraction of sp³-hybridized carbons (Fsp3) is 0.545. The van der Waals surface area contributed by atoms with E-state index in [2.05, 4.69) is 10.3 Å². The minimum absolute atomic E-state index is 0.0782. The van der Waals surface area contributed by atoms with E-state index in [-0.39, 0.29) is 28.8 Å². The number of hydrogen-bond acceptors (Lipinski definition) is 5. The lowest BCUT2D eigenvalue weighted by atomic mass is 9.93. The van der Waals surface area contributed by atoms with E-state index in [1.165, 1.54) is 12.1 Å². The first-order valence-electron chi connectivity index (χ1n) is 5.82. The number of anilines is 1. The van der Waals surface area contributed by atoms with Crippen molar-refractivity contribution in [2.24, 2.45) is 0 Å². The van der Waals surface area contributed by atoms with Crippen molar-refractivity contribution >= 4 is 23.1 Å². The fourth-order valence-electron chi connectivity index (χ4n) is 2.10. The molecule has 0 unspecified atom stereocenters. The summed E-state index contributed by atoms with van der Waals surface area (Å²) in [7, 11) is 0. The Morgan fingerprint density at radius 3 is 2.67 bits per heavy atom. The fourth-order valence-corrected chi connectivity index (χ4v) is 2.24. The molecule has 1 fully saturated rings. The molecular weight excluding hydrogens is 258 g/mol. The highest BCUT2D eigenvalue weighted by Crippen LogP contribution is 2.28. The van der Waals surface area contributed by atoms with Crippen LogP contribution in [0.1, 0.15) is 25.7 Å². The summed E-state index contributed by atoms with van der Waals surface area (Å²) in [4.78, 5) is 14.3. The molecule has 7 heteroatoms. The van der Waals surface area contributed by atoms with Gasteiger partial charge in [0.2, 0.25) is 5.82 Å². The zero-order valence-corrected chi connectivity index (χ0v) is 10.4. The SMILES string of the molecule is O=[N+]([O-])c1ccc(Cl)nc1N[C@H]1CC[C@H](O)CC1. The van der Waals surface area contributed by atoms with E-state index in [0.29, 0.717) is 12.8 Å². The highest BCUT2D eigenvalue weighted by molar-refractivity contribution is 6.29. The molecule has 1 aliphatic rings. The van der Waals surface area contributed by atoms with E-state index in [4.69, 9.17) is 11.6 Å². The minimum atomic E-state index is -0.483. The number of halogens is 1. The van der Waals surface area contributed by atoms with Crippen molar-refractivity contribution in [3.8, 4) is 0 Å². The Labute approximate surface area is 109 Å². The molecule has 0 spiro atoms. The van der Waals surface area contributed by atoms with Crippen molar-refractivity contribution in [3.63, 3.8) is 0 Å². The molecular formula is C11H14ClN3O3. The molecule has 0 bridgehead atoms. The van der Waals surface area contributed by atoms with E-state index in [9.17, 15) is 15.2 Å². The summed E-state index contributed by atoms with van der Waals surface area (Å²) in [6.45, 7) is 0. The second-order valence-electron chi connectivity index (χ2n) is 4.41. The molecule has 1 aliphatic carbocycles. The predicted octanol–water partition coefficient (Wildman–Crippen LogP) is 2.36. The molecule has 1 aromatic rings. The smallest absolute Gasteiger partial charge is 0.311 e. The molecule has 98 valence electrons. The number of hydrogen-bond donors (Lipinski definition) is 2. The number of aliphatic hydroxyl groups excluding tert-OH is 1. The molecule has 1 saturated carbocycles. The molecule has 1 aromatic heterocycles. The number of aromatic nitrogens is 1. The summed E-state index contributed by atoms with van der Waals surface area (Å²) in [6, 6.07) is 2.84. The Hall–Kier alpha value is -1.40. The lowest BCUT2D eigenvalue weighted by Crippen LogP contribution is -2.28. The van der Waals surface area contributed by atoms with Crippen molar-refractivity contribution in [3.05, 3.63) is 27.4 Å². The summed E-state index contributed by atoms with van der Waals surface area (Å²) in [5.74, 6) is 0.203. The van der Waals surface area contributed by atoms with Gasteiger partial charge in [0.25, 0.3) is 0 Å². The lowest BCUT2D eigenvalue weighted by molar-refractivity contribution is -0.384. The van der Waals surface area contributed by atoms with Crippen LogP contribution in [0.15, 0.2) is 12.1 Å². The van der Waals surface area contributed by atoms with Gasteiger partial charge in [-0.2, -0.15) is 0 Å². The summed E-state index contributed by atoms with van der Waals surface area (Å²) in [5.41, 5.74) is -0.0782. The average molecular weight is 272 g/mol. The summed E-state index contributed by atoms with van der Waals surface area (Å²) < 4.78 is 0. The number of aliphatic hydroxyl groups is 1. The van der Waals surface area contributed by atoms with Crippen LogP contribution in [0.5, 0.6) is 0 Å². The van der Waals surface area contributed by atoms with Crippen molar-refractivity contribution in [1.82, 2.24) is 4.98 Å². The topological polar surface area (TPSA) is 88.3 Å². The maximum Gasteiger partial charge on any atom is 0.311 e. The van der Waals surface area contributed by atoms with E-state index in [1.54, 1.807) is 0 Å². The van der Waals surface area contributed by atoms with Gasteiger partial charge in [-0.1, -0.05) is 11.6 Å². The van der Waals surface area contributed by atoms with E-state index in [0.717, 1.165) is 12.8 Å².